The molecule has 0 fully saturated rings. The fraction of sp³-hybridized carbons (Fsp3) is 0.250. The summed E-state index contributed by atoms with van der Waals surface area (Å²) in [5.41, 5.74) is 4.67. The number of benzene rings is 3. The molecular formula is C32H31FN2O2S. The van der Waals surface area contributed by atoms with Crippen molar-refractivity contribution in [2.24, 2.45) is 0 Å². The lowest BCUT2D eigenvalue weighted by Gasteiger charge is -2.37. The van der Waals surface area contributed by atoms with Crippen LogP contribution in [0.3, 0.4) is 0 Å². The second-order valence-electron chi connectivity index (χ2n) is 9.61. The molecule has 1 unspecified atom stereocenters. The zero-order valence-electron chi connectivity index (χ0n) is 21.5. The summed E-state index contributed by atoms with van der Waals surface area (Å²) < 4.78 is 13.7. The van der Waals surface area contributed by atoms with Gasteiger partial charge in [0.05, 0.1) is 6.04 Å². The molecular weight excluding hydrogens is 495 g/mol. The first-order valence-electron chi connectivity index (χ1n) is 13.1. The Bertz CT molecular complexity index is 1380. The summed E-state index contributed by atoms with van der Waals surface area (Å²) in [7, 11) is 0. The topological polar surface area (TPSA) is 40.6 Å². The van der Waals surface area contributed by atoms with Gasteiger partial charge in [0.2, 0.25) is 5.91 Å². The van der Waals surface area contributed by atoms with E-state index in [0.717, 1.165) is 41.5 Å². The van der Waals surface area contributed by atoms with Crippen LogP contribution in [0.1, 0.15) is 52.2 Å². The fourth-order valence-corrected chi connectivity index (χ4v) is 5.97. The second kappa shape index (κ2) is 11.7. The van der Waals surface area contributed by atoms with Crippen molar-refractivity contribution in [2.75, 3.05) is 19.6 Å². The van der Waals surface area contributed by atoms with E-state index < -0.39 is 0 Å². The van der Waals surface area contributed by atoms with Crippen LogP contribution >= 0.6 is 11.3 Å². The Morgan fingerprint density at radius 3 is 2.37 bits per heavy atom. The molecule has 4 nitrogen and oxygen atoms in total. The van der Waals surface area contributed by atoms with Crippen LogP contribution in [-0.2, 0) is 11.2 Å². The zero-order chi connectivity index (χ0) is 26.5. The largest absolute Gasteiger partial charge is 0.330 e. The molecule has 194 valence electrons. The average Bonchev–Trinajstić information content (AvgIpc) is 3.44. The normalized spacial score (nSPS) is 14.7. The molecule has 0 spiro atoms. The molecule has 2 amide bonds. The summed E-state index contributed by atoms with van der Waals surface area (Å²) in [6.45, 7) is 3.17. The van der Waals surface area contributed by atoms with Gasteiger partial charge in [-0.1, -0.05) is 67.9 Å². The third-order valence-electron chi connectivity index (χ3n) is 7.11. The number of unbranched alkanes of at least 4 members (excludes halogenated alkanes) is 1. The third kappa shape index (κ3) is 5.55. The average molecular weight is 527 g/mol. The van der Waals surface area contributed by atoms with Crippen LogP contribution in [0.4, 0.5) is 4.39 Å². The monoisotopic (exact) mass is 526 g/mol. The van der Waals surface area contributed by atoms with Gasteiger partial charge in [-0.05, 0) is 70.8 Å². The molecule has 1 aliphatic heterocycles. The first kappa shape index (κ1) is 25.9. The van der Waals surface area contributed by atoms with Crippen molar-refractivity contribution in [3.8, 4) is 11.1 Å². The lowest BCUT2D eigenvalue weighted by Crippen LogP contribution is -2.47. The SMILES string of the molecule is CCCCN(CC(=O)N1CCc2sccc2C1c1ccc(F)cc1)C(=O)c1ccc(-c2ccccc2)cc1. The maximum absolute atomic E-state index is 13.8. The van der Waals surface area contributed by atoms with Crippen molar-refractivity contribution in [3.63, 3.8) is 0 Å². The van der Waals surface area contributed by atoms with Gasteiger partial charge < -0.3 is 9.80 Å². The molecule has 1 aliphatic rings. The number of amides is 2. The van der Waals surface area contributed by atoms with Crippen molar-refractivity contribution in [1.82, 2.24) is 9.80 Å². The molecule has 0 saturated heterocycles. The fourth-order valence-electron chi connectivity index (χ4n) is 5.06. The molecule has 0 bridgehead atoms. The number of thiophene rings is 1. The van der Waals surface area contributed by atoms with Gasteiger partial charge in [0.25, 0.3) is 5.91 Å². The minimum atomic E-state index is -0.303. The van der Waals surface area contributed by atoms with E-state index in [1.807, 2.05) is 64.9 Å². The summed E-state index contributed by atoms with van der Waals surface area (Å²) in [6.07, 6.45) is 2.52. The highest BCUT2D eigenvalue weighted by molar-refractivity contribution is 7.10. The van der Waals surface area contributed by atoms with Gasteiger partial charge in [-0.15, -0.1) is 11.3 Å². The van der Waals surface area contributed by atoms with E-state index in [-0.39, 0.29) is 30.2 Å². The highest BCUT2D eigenvalue weighted by atomic mass is 32.1. The van der Waals surface area contributed by atoms with Crippen LogP contribution in [0.25, 0.3) is 11.1 Å². The van der Waals surface area contributed by atoms with Crippen LogP contribution in [0.5, 0.6) is 0 Å². The molecule has 4 aromatic rings. The molecule has 0 radical (unpaired) electrons. The molecule has 3 aromatic carbocycles. The maximum Gasteiger partial charge on any atom is 0.254 e. The molecule has 6 heteroatoms. The summed E-state index contributed by atoms with van der Waals surface area (Å²) in [4.78, 5) is 32.1. The van der Waals surface area contributed by atoms with Gasteiger partial charge >= 0.3 is 0 Å². The number of carbonyl (C=O) groups is 2. The summed E-state index contributed by atoms with van der Waals surface area (Å²) in [5, 5.41) is 2.05. The van der Waals surface area contributed by atoms with Crippen molar-refractivity contribution < 1.29 is 14.0 Å². The van der Waals surface area contributed by atoms with Gasteiger partial charge in [-0.25, -0.2) is 4.39 Å². The Hall–Kier alpha value is -3.77. The van der Waals surface area contributed by atoms with E-state index in [2.05, 4.69) is 13.0 Å². The number of hydrogen-bond acceptors (Lipinski definition) is 3. The quantitative estimate of drug-likeness (QED) is 0.249. The minimum absolute atomic E-state index is 0.0104. The molecule has 5 rings (SSSR count). The lowest BCUT2D eigenvalue weighted by atomic mass is 9.93. The molecule has 1 atom stereocenters. The second-order valence-corrected chi connectivity index (χ2v) is 10.6. The number of fused-ring (bicyclic) bond motifs is 1. The van der Waals surface area contributed by atoms with Crippen molar-refractivity contribution in [1.29, 1.82) is 0 Å². The number of halogens is 1. The maximum atomic E-state index is 13.8. The predicted molar refractivity (Wildman–Crippen MR) is 151 cm³/mol. The first-order chi connectivity index (χ1) is 18.5. The van der Waals surface area contributed by atoms with Crippen LogP contribution in [0.2, 0.25) is 0 Å². The molecule has 38 heavy (non-hydrogen) atoms. The molecule has 0 saturated carbocycles. The van der Waals surface area contributed by atoms with E-state index in [9.17, 15) is 14.0 Å². The first-order valence-corrected chi connectivity index (χ1v) is 14.0. The van der Waals surface area contributed by atoms with Crippen LogP contribution in [0, 0.1) is 5.82 Å². The van der Waals surface area contributed by atoms with Gasteiger partial charge in [-0.2, -0.15) is 0 Å². The van der Waals surface area contributed by atoms with Crippen molar-refractivity contribution in [3.05, 3.63) is 118 Å². The Kier molecular flexibility index (Phi) is 7.99. The summed E-state index contributed by atoms with van der Waals surface area (Å²) >= 11 is 1.69. The Morgan fingerprint density at radius 2 is 1.66 bits per heavy atom. The standard InChI is InChI=1S/C32H31FN2O2S/c1-2-3-19-34(32(37)26-11-9-24(10-12-26)23-7-5-4-6-8-23)22-30(36)35-20-17-29-28(18-21-38-29)31(35)25-13-15-27(33)16-14-25/h4-16,18,21,31H,2-3,17,19-20,22H2,1H3. The summed E-state index contributed by atoms with van der Waals surface area (Å²) in [5.74, 6) is -0.540. The highest BCUT2D eigenvalue weighted by Gasteiger charge is 2.34. The Morgan fingerprint density at radius 1 is 0.947 bits per heavy atom. The van der Waals surface area contributed by atoms with Gasteiger partial charge in [-0.3, -0.25) is 9.59 Å². The lowest BCUT2D eigenvalue weighted by molar-refractivity contribution is -0.134. The van der Waals surface area contributed by atoms with Crippen molar-refractivity contribution >= 4 is 23.2 Å². The molecule has 1 aromatic heterocycles. The van der Waals surface area contributed by atoms with E-state index in [1.165, 1.54) is 17.0 Å². The van der Waals surface area contributed by atoms with Crippen LogP contribution in [0.15, 0.2) is 90.3 Å². The molecule has 0 N–H and O–H groups in total. The number of rotatable bonds is 8. The highest BCUT2D eigenvalue weighted by Crippen LogP contribution is 2.38. The Balaban J connectivity index is 1.38. The number of carbonyl (C=O) groups excluding carboxylic acids is 2. The van der Waals surface area contributed by atoms with Gasteiger partial charge in [0.1, 0.15) is 12.4 Å². The van der Waals surface area contributed by atoms with E-state index in [4.69, 9.17) is 0 Å². The minimum Gasteiger partial charge on any atom is -0.330 e. The number of nitrogens with zero attached hydrogens (tertiary/aromatic N) is 2. The van der Waals surface area contributed by atoms with E-state index in [0.29, 0.717) is 18.7 Å². The van der Waals surface area contributed by atoms with E-state index >= 15 is 0 Å². The molecule has 0 aliphatic carbocycles. The van der Waals surface area contributed by atoms with Gasteiger partial charge in [0, 0.05) is 23.5 Å². The molecule has 2 heterocycles. The van der Waals surface area contributed by atoms with Crippen LogP contribution < -0.4 is 0 Å². The predicted octanol–water partition coefficient (Wildman–Crippen LogP) is 6.97. The summed E-state index contributed by atoms with van der Waals surface area (Å²) in [6, 6.07) is 25.8. The van der Waals surface area contributed by atoms with Gasteiger partial charge in [0.15, 0.2) is 0 Å². The number of hydrogen-bond donors (Lipinski definition) is 0. The Labute approximate surface area is 227 Å². The van der Waals surface area contributed by atoms with E-state index in [1.54, 1.807) is 28.4 Å². The van der Waals surface area contributed by atoms with Crippen LogP contribution in [-0.4, -0.2) is 41.2 Å². The third-order valence-corrected chi connectivity index (χ3v) is 8.10. The zero-order valence-corrected chi connectivity index (χ0v) is 22.3. The smallest absolute Gasteiger partial charge is 0.254 e. The van der Waals surface area contributed by atoms with Crippen molar-refractivity contribution in [2.45, 2.75) is 32.2 Å².